The average Bonchev–Trinajstić information content (AvgIpc) is 0.750. The lowest BCUT2D eigenvalue weighted by Crippen LogP contribution is -2.66. The number of carbonyl (C=O) groups excluding carboxylic acids is 9. The van der Waals surface area contributed by atoms with E-state index in [4.69, 9.17) is 61.1 Å². The molecule has 9 heterocycles. The first-order valence-electron chi connectivity index (χ1n) is 42.0. The fourth-order valence-electron chi connectivity index (χ4n) is 16.5. The number of amides is 8. The molecule has 17 bridgehead atoms. The Balaban J connectivity index is 0.995. The number of phenolic OH excluding ortho intramolecular Hbond substituents is 4. The fraction of sp³-hybridized carbons (Fsp3) is 0.427. The quantitative estimate of drug-likeness (QED) is 0.0427. The fourth-order valence-corrected chi connectivity index (χ4v) is 17.0. The number of esters is 1. The lowest BCUT2D eigenvalue weighted by atomic mass is 9.89. The van der Waals surface area contributed by atoms with E-state index >= 15 is 28.8 Å². The Hall–Kier alpha value is -11.9. The van der Waals surface area contributed by atoms with Crippen LogP contribution in [0.15, 0.2) is 115 Å². The van der Waals surface area contributed by atoms with Crippen LogP contribution in [0, 0.1) is 5.92 Å². The van der Waals surface area contributed by atoms with Crippen LogP contribution >= 0.6 is 23.2 Å². The van der Waals surface area contributed by atoms with E-state index in [9.17, 15) is 70.6 Å². The smallest absolute Gasteiger partial charge is 0.337 e. The van der Waals surface area contributed by atoms with Crippen LogP contribution in [0.5, 0.6) is 69.0 Å². The van der Waals surface area contributed by atoms with Crippen molar-refractivity contribution in [3.05, 3.63) is 164 Å². The standard InChI is InChI=1S/C89H100Cl2N10O28/c1-39(2)12-10-8-6-7-9-11-13-62(107)94-71-74(110)76(112)79(87(121)122-5)129-88(71)128-78-59-32-44-33-60(78)125-56-23-18-43(30-51(56)90)72(108)70-85(119)98-69(86(120)101-26-24-100(4)25-27-101)49-34-45(103)35-58(126-89-77(113)75(111)73(109)61(38-102)127-89)63(49)48-29-41(16-21-53(48)104)66(82(116)99-70)95-83(117)67(44)96-84(118)68-50-36-47(37-55(106)64(50)91)124-57-31-42(17-22-54(57)105)65(92-3)81(115)93-52(80(114)97-68)28-40-14-19-46(123-59)20-15-40/h14-23,29-37,39,52,61,65-77,79,88-89,92,102-106,108-113H,6-13,24-28,38H2,1-5H3,(H,93,115)(H,94,107)(H,95,117)(H,96,118)(H,97,114)(H,98,119)(H,99,116)/t52-,61-,65+,66-,67-,68+,69-,70+,71-,72-,73-,74-,75+,76+,77+,79+,88-,89+/m1/s1. The molecule has 0 radical (unpaired) electrons. The van der Waals surface area contributed by atoms with E-state index in [1.807, 2.05) is 4.90 Å². The maximum Gasteiger partial charge on any atom is 0.337 e. The van der Waals surface area contributed by atoms with Gasteiger partial charge in [-0.2, -0.15) is 0 Å². The van der Waals surface area contributed by atoms with Crippen LogP contribution in [0.3, 0.4) is 0 Å². The zero-order valence-corrected chi connectivity index (χ0v) is 71.9. The summed E-state index contributed by atoms with van der Waals surface area (Å²) in [6.45, 7) is 3.93. The highest BCUT2D eigenvalue weighted by Crippen LogP contribution is 2.51. The van der Waals surface area contributed by atoms with Gasteiger partial charge in [0.25, 0.3) is 0 Å². The summed E-state index contributed by atoms with van der Waals surface area (Å²) in [5.74, 6) is -16.3. The molecule has 19 N–H and O–H groups in total. The van der Waals surface area contributed by atoms with E-state index in [1.54, 1.807) is 7.05 Å². The molecule has 129 heavy (non-hydrogen) atoms. The predicted octanol–water partition coefficient (Wildman–Crippen LogP) is 3.96. The third kappa shape index (κ3) is 20.4. The number of unbranched alkanes of at least 4 members (excludes halogenated alkanes) is 5. The minimum atomic E-state index is -2.43. The third-order valence-electron chi connectivity index (χ3n) is 23.6. The van der Waals surface area contributed by atoms with Crippen LogP contribution < -0.4 is 66.2 Å². The number of likely N-dealkylation sites (N-methyl/N-ethyl adjacent to an activating group) is 2. The van der Waals surface area contributed by atoms with Crippen molar-refractivity contribution in [1.82, 2.24) is 52.3 Å². The molecule has 8 amide bonds. The van der Waals surface area contributed by atoms with Crippen LogP contribution in [0.25, 0.3) is 11.1 Å². The van der Waals surface area contributed by atoms with Gasteiger partial charge in [-0.15, -0.1) is 0 Å². The predicted molar refractivity (Wildman–Crippen MR) is 454 cm³/mol. The molecule has 40 heteroatoms. The lowest BCUT2D eigenvalue weighted by Gasteiger charge is -2.41. The molecule has 18 atom stereocenters. The summed E-state index contributed by atoms with van der Waals surface area (Å²) in [7, 11) is 4.20. The lowest BCUT2D eigenvalue weighted by molar-refractivity contribution is -0.277. The summed E-state index contributed by atoms with van der Waals surface area (Å²) in [6.07, 6.45) is -15.4. The topological polar surface area (TPSA) is 553 Å². The maximum atomic E-state index is 16.9. The number of nitrogens with one attached hydrogen (secondary N) is 8. The largest absolute Gasteiger partial charge is 0.508 e. The van der Waals surface area contributed by atoms with Gasteiger partial charge < -0.3 is 146 Å². The van der Waals surface area contributed by atoms with Crippen LogP contribution in [0.2, 0.25) is 10.0 Å². The molecule has 3 fully saturated rings. The highest BCUT2D eigenvalue weighted by atomic mass is 35.5. The summed E-state index contributed by atoms with van der Waals surface area (Å²) >= 11 is 14.4. The molecule has 0 saturated carbocycles. The van der Waals surface area contributed by atoms with Gasteiger partial charge in [-0.3, -0.25) is 38.4 Å². The second kappa shape index (κ2) is 40.0. The third-order valence-corrected chi connectivity index (χ3v) is 24.4. The van der Waals surface area contributed by atoms with E-state index < -0.39 is 271 Å². The van der Waals surface area contributed by atoms with Crippen molar-refractivity contribution < 1.29 is 137 Å². The van der Waals surface area contributed by atoms with Gasteiger partial charge in [-0.1, -0.05) is 106 Å². The Morgan fingerprint density at radius 2 is 1.20 bits per heavy atom. The summed E-state index contributed by atoms with van der Waals surface area (Å²) in [4.78, 5) is 143. The summed E-state index contributed by atoms with van der Waals surface area (Å²) in [6, 6.07) is 6.31. The second-order valence-corrected chi connectivity index (χ2v) is 33.9. The van der Waals surface area contributed by atoms with Crippen LogP contribution in [-0.2, 0) is 63.8 Å². The minimum Gasteiger partial charge on any atom is -0.508 e. The Morgan fingerprint density at radius 1 is 0.558 bits per heavy atom. The van der Waals surface area contributed by atoms with E-state index in [-0.39, 0.29) is 61.0 Å². The molecule has 0 aromatic heterocycles. The number of benzene rings is 7. The van der Waals surface area contributed by atoms with Gasteiger partial charge in [0.1, 0.15) is 131 Å². The number of aliphatic hydroxyl groups is 7. The van der Waals surface area contributed by atoms with Gasteiger partial charge in [-0.05, 0) is 133 Å². The van der Waals surface area contributed by atoms with Crippen LogP contribution in [0.4, 0.5) is 0 Å². The first-order valence-corrected chi connectivity index (χ1v) is 42.8. The first kappa shape index (κ1) is 93.3. The number of nitrogens with zero attached hydrogens (tertiary/aromatic N) is 2. The Labute approximate surface area is 748 Å². The molecule has 0 aliphatic carbocycles. The molecule has 0 unspecified atom stereocenters. The zero-order chi connectivity index (χ0) is 92.2. The number of aromatic hydroxyl groups is 4. The molecule has 7 aromatic rings. The van der Waals surface area contributed by atoms with E-state index in [2.05, 4.69) is 56.4 Å². The number of aliphatic hydroxyl groups excluding tert-OH is 7. The number of hydrogen-bond donors (Lipinski definition) is 19. The van der Waals surface area contributed by atoms with Crippen molar-refractivity contribution in [3.8, 4) is 80.1 Å². The first-order chi connectivity index (χ1) is 61.7. The maximum absolute atomic E-state index is 16.9. The molecular formula is C89H100Cl2N10O28. The number of carbonyl (C=O) groups is 9. The summed E-state index contributed by atoms with van der Waals surface area (Å²) in [5.41, 5.74) is -2.46. The zero-order valence-electron chi connectivity index (χ0n) is 70.3. The number of fused-ring (bicyclic) bond motifs is 14. The van der Waals surface area contributed by atoms with Gasteiger partial charge in [0, 0.05) is 67.8 Å². The average molecular weight is 1830 g/mol. The van der Waals surface area contributed by atoms with E-state index in [0.717, 1.165) is 106 Å². The van der Waals surface area contributed by atoms with Gasteiger partial charge in [-0.25, -0.2) is 4.79 Å². The van der Waals surface area contributed by atoms with Gasteiger partial charge in [0.2, 0.25) is 65.6 Å². The molecule has 7 aromatic carbocycles. The molecule has 9 aliphatic heterocycles. The summed E-state index contributed by atoms with van der Waals surface area (Å²) in [5, 5.41) is 149. The Bertz CT molecular complexity index is 5410. The molecule has 0 spiro atoms. The highest BCUT2D eigenvalue weighted by molar-refractivity contribution is 6.33. The number of phenols is 4. The van der Waals surface area contributed by atoms with Gasteiger partial charge in [0.15, 0.2) is 29.1 Å². The van der Waals surface area contributed by atoms with E-state index in [0.29, 0.717) is 24.3 Å². The molecule has 38 nitrogen and oxygen atoms in total. The monoisotopic (exact) mass is 1830 g/mol. The molecule has 3 saturated heterocycles. The van der Waals surface area contributed by atoms with Crippen molar-refractivity contribution in [2.45, 2.75) is 181 Å². The number of ether oxygens (including phenoxy) is 8. The number of methoxy groups -OCH3 is 1. The van der Waals surface area contributed by atoms with Crippen LogP contribution in [-0.4, -0.2) is 247 Å². The van der Waals surface area contributed by atoms with Gasteiger partial charge >= 0.3 is 5.97 Å². The number of rotatable bonds is 18. The van der Waals surface area contributed by atoms with Crippen LogP contribution in [0.1, 0.15) is 140 Å². The van der Waals surface area contributed by atoms with Crippen molar-refractivity contribution in [2.75, 3.05) is 54.0 Å². The Kier molecular flexibility index (Phi) is 28.9. The SMILES string of the molecule is CN[C@@H]1C(=O)N[C@@H]2Cc3ccc(cc3)Oc3cc4cc(c3O[C@@H]3O[C@H](C(=O)OC)[C@@H](O)[C@H](O)[C@H]3NC(=O)CCCCCCCCC(C)C)Oc3ccc(cc3Cl)[C@@H](O)[C@@H]3NC(=O)[C@H](NC(=O)[C@@H]4NC(=O)[C@@H](NC2=O)c2cc(cc(O)c2Cl)Oc2cc1ccc2O)c1ccc(O)c(c1)-c1c(O[C@H]2O[C@H](CO)[C@@H](O)[C@H](O)[C@@H]2O)cc(O)cc1[C@H](C(=O)N1CCN(C)CC1)NC3=O. The highest BCUT2D eigenvalue weighted by Gasteiger charge is 2.52. The summed E-state index contributed by atoms with van der Waals surface area (Å²) < 4.78 is 50.1. The Morgan fingerprint density at radius 3 is 1.90 bits per heavy atom. The van der Waals surface area contributed by atoms with E-state index in [1.165, 1.54) is 60.5 Å². The number of hydrogen-bond acceptors (Lipinski definition) is 30. The molecule has 9 aliphatic rings. The van der Waals surface area contributed by atoms with Crippen molar-refractivity contribution >= 4 is 76.4 Å². The molecule has 16 rings (SSSR count). The second-order valence-electron chi connectivity index (χ2n) is 33.1. The van der Waals surface area contributed by atoms with Gasteiger partial charge in [0.05, 0.1) is 23.8 Å². The number of piperazine rings is 1. The normalized spacial score (nSPS) is 26.6. The number of halogens is 2. The molecular weight excluding hydrogens is 1730 g/mol. The van der Waals surface area contributed by atoms with Crippen molar-refractivity contribution in [2.24, 2.45) is 5.92 Å². The molecule has 688 valence electrons. The van der Waals surface area contributed by atoms with Crippen molar-refractivity contribution in [1.29, 1.82) is 0 Å². The minimum absolute atomic E-state index is 0.0198. The van der Waals surface area contributed by atoms with Crippen molar-refractivity contribution in [3.63, 3.8) is 0 Å².